The third-order valence-electron chi connectivity index (χ3n) is 14.7. The Hall–Kier alpha value is -9.26. The smallest absolute Gasteiger partial charge is 0.138 e. The molecule has 0 saturated carbocycles. The van der Waals surface area contributed by atoms with Crippen LogP contribution in [0.15, 0.2) is 228 Å². The van der Waals surface area contributed by atoms with E-state index in [-0.39, 0.29) is 5.92 Å². The zero-order valence-corrected chi connectivity index (χ0v) is 37.8. The maximum atomic E-state index is 6.37. The number of hydrogen-bond donors (Lipinski definition) is 0. The SMILES string of the molecule is C1=CC(c2ccc3c(c2)c2cc(-c4cccc(-c5ccc6c(c5)c5cc(-c7ccc8c(c7)oc7ccncc78)ccc5n6-c5ccccc5)c4)ccc2n3-c2ccccc2)Cc2oc3ccncc3c21. The van der Waals surface area contributed by atoms with E-state index < -0.39 is 0 Å². The summed E-state index contributed by atoms with van der Waals surface area (Å²) in [6.45, 7) is 0. The van der Waals surface area contributed by atoms with Crippen LogP contribution in [0, 0.1) is 0 Å². The summed E-state index contributed by atoms with van der Waals surface area (Å²) in [5, 5.41) is 8.03. The minimum absolute atomic E-state index is 0.191. The van der Waals surface area contributed by atoms with Crippen LogP contribution in [-0.4, -0.2) is 19.1 Å². The summed E-state index contributed by atoms with van der Waals surface area (Å²) in [4.78, 5) is 8.71. The molecule has 0 spiro atoms. The second-order valence-corrected chi connectivity index (χ2v) is 18.6. The maximum Gasteiger partial charge on any atom is 0.138 e. The van der Waals surface area contributed by atoms with E-state index in [0.29, 0.717) is 0 Å². The lowest BCUT2D eigenvalue weighted by molar-refractivity contribution is 0.532. The zero-order chi connectivity index (χ0) is 45.9. The van der Waals surface area contributed by atoms with Crippen molar-refractivity contribution >= 4 is 82.6 Å². The first-order valence-corrected chi connectivity index (χ1v) is 23.9. The summed E-state index contributed by atoms with van der Waals surface area (Å²) in [5.74, 6) is 1.21. The molecule has 8 aromatic carbocycles. The van der Waals surface area contributed by atoms with Gasteiger partial charge in [0.15, 0.2) is 0 Å². The van der Waals surface area contributed by atoms with Gasteiger partial charge in [0.2, 0.25) is 0 Å². The lowest BCUT2D eigenvalue weighted by Gasteiger charge is -2.17. The molecule has 0 aliphatic heterocycles. The lowest BCUT2D eigenvalue weighted by atomic mass is 9.87. The Morgan fingerprint density at radius 3 is 1.51 bits per heavy atom. The van der Waals surface area contributed by atoms with E-state index >= 15 is 0 Å². The topological polar surface area (TPSA) is 61.9 Å². The Bertz CT molecular complexity index is 4460. The summed E-state index contributed by atoms with van der Waals surface area (Å²) in [6, 6.07) is 68.5. The highest BCUT2D eigenvalue weighted by Gasteiger charge is 2.24. The van der Waals surface area contributed by atoms with Crippen molar-refractivity contribution in [3.05, 3.63) is 236 Å². The first kappa shape index (κ1) is 38.8. The minimum Gasteiger partial charge on any atom is -0.460 e. The molecule has 0 saturated heterocycles. The fourth-order valence-electron chi connectivity index (χ4n) is 11.3. The van der Waals surface area contributed by atoms with Crippen LogP contribution in [0.2, 0.25) is 0 Å². The van der Waals surface area contributed by atoms with Crippen molar-refractivity contribution < 1.29 is 8.83 Å². The van der Waals surface area contributed by atoms with E-state index in [1.807, 2.05) is 24.5 Å². The number of para-hydroxylation sites is 2. The molecule has 70 heavy (non-hydrogen) atoms. The van der Waals surface area contributed by atoms with Gasteiger partial charge >= 0.3 is 0 Å². The molecule has 15 rings (SSSR count). The van der Waals surface area contributed by atoms with E-state index in [1.54, 1.807) is 12.4 Å². The number of aromatic nitrogens is 4. The Morgan fingerprint density at radius 2 is 0.900 bits per heavy atom. The molecule has 6 heteroatoms. The molecule has 328 valence electrons. The second-order valence-electron chi connectivity index (χ2n) is 18.6. The minimum atomic E-state index is 0.191. The number of fused-ring (bicyclic) bond motifs is 12. The maximum absolute atomic E-state index is 6.37. The molecule has 1 aliphatic rings. The molecule has 1 unspecified atom stereocenters. The molecule has 14 aromatic rings. The van der Waals surface area contributed by atoms with Crippen LogP contribution < -0.4 is 0 Å². The van der Waals surface area contributed by atoms with Gasteiger partial charge in [0.25, 0.3) is 0 Å². The molecule has 0 fully saturated rings. The fraction of sp³-hybridized carbons (Fsp3) is 0.0312. The first-order chi connectivity index (χ1) is 34.7. The quantitative estimate of drug-likeness (QED) is 0.167. The first-order valence-electron chi connectivity index (χ1n) is 23.9. The third kappa shape index (κ3) is 5.99. The van der Waals surface area contributed by atoms with Crippen LogP contribution >= 0.6 is 0 Å². The number of benzene rings is 8. The molecule has 6 aromatic heterocycles. The van der Waals surface area contributed by atoms with Crippen LogP contribution in [0.25, 0.3) is 127 Å². The third-order valence-corrected chi connectivity index (χ3v) is 14.7. The van der Waals surface area contributed by atoms with Crippen molar-refractivity contribution in [1.82, 2.24) is 19.1 Å². The highest BCUT2D eigenvalue weighted by Crippen LogP contribution is 2.42. The van der Waals surface area contributed by atoms with Gasteiger partial charge in [-0.05, 0) is 142 Å². The molecule has 6 nitrogen and oxygen atoms in total. The van der Waals surface area contributed by atoms with E-state index in [0.717, 1.165) is 84.2 Å². The summed E-state index contributed by atoms with van der Waals surface area (Å²) >= 11 is 0. The number of rotatable bonds is 6. The highest BCUT2D eigenvalue weighted by atomic mass is 16.3. The Morgan fingerprint density at radius 1 is 0.386 bits per heavy atom. The largest absolute Gasteiger partial charge is 0.460 e. The van der Waals surface area contributed by atoms with Crippen LogP contribution in [0.3, 0.4) is 0 Å². The average Bonchev–Trinajstić information content (AvgIpc) is 4.18. The Balaban J connectivity index is 0.842. The zero-order valence-electron chi connectivity index (χ0n) is 37.8. The number of nitrogens with zero attached hydrogens (tertiary/aromatic N) is 4. The van der Waals surface area contributed by atoms with Gasteiger partial charge in [-0.1, -0.05) is 97.1 Å². The van der Waals surface area contributed by atoms with Crippen molar-refractivity contribution in [2.75, 3.05) is 0 Å². The van der Waals surface area contributed by atoms with Crippen molar-refractivity contribution in [1.29, 1.82) is 0 Å². The van der Waals surface area contributed by atoms with Crippen LogP contribution in [0.1, 0.15) is 22.8 Å². The molecule has 1 aliphatic carbocycles. The fourth-order valence-corrected chi connectivity index (χ4v) is 11.3. The molecular weight excluding hydrogens is 857 g/mol. The van der Waals surface area contributed by atoms with Gasteiger partial charge in [0.1, 0.15) is 22.5 Å². The molecule has 0 bridgehead atoms. The van der Waals surface area contributed by atoms with Gasteiger partial charge in [-0.2, -0.15) is 0 Å². The van der Waals surface area contributed by atoms with Crippen LogP contribution in [0.5, 0.6) is 0 Å². The number of hydrogen-bond acceptors (Lipinski definition) is 4. The summed E-state index contributed by atoms with van der Waals surface area (Å²) in [6.07, 6.45) is 12.7. The summed E-state index contributed by atoms with van der Waals surface area (Å²) in [5.41, 5.74) is 18.9. The van der Waals surface area contributed by atoms with E-state index in [1.165, 1.54) is 60.4 Å². The van der Waals surface area contributed by atoms with E-state index in [4.69, 9.17) is 8.83 Å². The van der Waals surface area contributed by atoms with E-state index in [9.17, 15) is 0 Å². The number of allylic oxidation sites excluding steroid dienone is 1. The van der Waals surface area contributed by atoms with Crippen molar-refractivity contribution in [3.63, 3.8) is 0 Å². The average molecular weight is 897 g/mol. The lowest BCUT2D eigenvalue weighted by Crippen LogP contribution is -2.04. The predicted octanol–water partition coefficient (Wildman–Crippen LogP) is 16.7. The van der Waals surface area contributed by atoms with Gasteiger partial charge in [-0.25, -0.2) is 0 Å². The van der Waals surface area contributed by atoms with E-state index in [2.05, 4.69) is 207 Å². The van der Waals surface area contributed by atoms with Gasteiger partial charge in [-0.3, -0.25) is 9.97 Å². The van der Waals surface area contributed by atoms with Gasteiger partial charge < -0.3 is 18.0 Å². The number of furan rings is 2. The molecule has 0 amide bonds. The highest BCUT2D eigenvalue weighted by molar-refractivity contribution is 6.13. The van der Waals surface area contributed by atoms with Crippen LogP contribution in [0.4, 0.5) is 0 Å². The molecule has 6 heterocycles. The molecule has 0 radical (unpaired) electrons. The molecule has 1 atom stereocenters. The number of pyridine rings is 2. The summed E-state index contributed by atoms with van der Waals surface area (Å²) in [7, 11) is 0. The standard InChI is InChI=1S/C64H40N4O2/c1-3-10-47(11-4-1)67-57-22-16-41(31-51(57)53-33-43(18-24-59(53)67)45-14-20-49-55-37-65-28-26-61(55)69-63(49)35-45)39-8-7-9-40(30-39)42-17-23-58-52(32-42)54-34-44(19-25-60(54)68(58)48-12-5-2-6-13-48)46-15-21-50-56-38-66-29-27-62(56)70-64(50)36-46/h1-35,37-38,46H,36H2. The van der Waals surface area contributed by atoms with Crippen molar-refractivity contribution in [2.24, 2.45) is 0 Å². The van der Waals surface area contributed by atoms with Crippen molar-refractivity contribution in [3.8, 4) is 44.8 Å². The monoisotopic (exact) mass is 896 g/mol. The predicted molar refractivity (Wildman–Crippen MR) is 286 cm³/mol. The second kappa shape index (κ2) is 15.1. The van der Waals surface area contributed by atoms with Gasteiger partial charge in [0.05, 0.1) is 22.1 Å². The molecular formula is C64H40N4O2. The van der Waals surface area contributed by atoms with Crippen molar-refractivity contribution in [2.45, 2.75) is 12.3 Å². The Labute approximate surface area is 401 Å². The van der Waals surface area contributed by atoms with Gasteiger partial charge in [-0.15, -0.1) is 0 Å². The molecule has 0 N–H and O–H groups in total. The van der Waals surface area contributed by atoms with Crippen LogP contribution in [-0.2, 0) is 6.42 Å². The normalized spacial score (nSPS) is 13.7. The summed E-state index contributed by atoms with van der Waals surface area (Å²) < 4.78 is 17.4. The Kier molecular flexibility index (Phi) is 8.38. The van der Waals surface area contributed by atoms with Gasteiger partial charge in [0, 0.05) is 91.8 Å².